The van der Waals surface area contributed by atoms with Crippen LogP contribution in [0.1, 0.15) is 38.4 Å². The van der Waals surface area contributed by atoms with Crippen LogP contribution in [0.4, 0.5) is 0 Å². The molecule has 3 heteroatoms. The number of hydrogen-bond donors (Lipinski definition) is 1. The molecule has 2 N–H and O–H groups in total. The average molecular weight is 191 g/mol. The van der Waals surface area contributed by atoms with E-state index in [-0.39, 0.29) is 6.04 Å². The van der Waals surface area contributed by atoms with Crippen LogP contribution in [0.5, 0.6) is 0 Å². The van der Waals surface area contributed by atoms with Crippen LogP contribution in [0.2, 0.25) is 0 Å². The molecule has 0 aliphatic carbocycles. The van der Waals surface area contributed by atoms with Gasteiger partial charge in [0.25, 0.3) is 0 Å². The lowest BCUT2D eigenvalue weighted by molar-refractivity contribution is 0.596. The first-order valence-corrected chi connectivity index (χ1v) is 4.94. The normalized spacial score (nSPS) is 11.9. The van der Waals surface area contributed by atoms with Crippen molar-refractivity contribution < 1.29 is 0 Å². The van der Waals surface area contributed by atoms with E-state index in [0.717, 1.165) is 25.1 Å². The van der Waals surface area contributed by atoms with Gasteiger partial charge in [-0.15, -0.1) is 11.8 Å². The van der Waals surface area contributed by atoms with Gasteiger partial charge in [-0.1, -0.05) is 6.92 Å². The molecule has 14 heavy (non-hydrogen) atoms. The molecule has 0 aromatic carbocycles. The van der Waals surface area contributed by atoms with Crippen LogP contribution in [0.25, 0.3) is 0 Å². The standard InChI is InChI=1S/C11H17N3/c1-3-5-6-7-14-9-13-8-11(14)10(12)4-2/h8-10H,4,6-7,12H2,1-2H3/t10-/m1/s1. The number of nitrogens with zero attached hydrogens (tertiary/aromatic N) is 2. The van der Waals surface area contributed by atoms with E-state index in [1.54, 1.807) is 0 Å². The van der Waals surface area contributed by atoms with Crippen LogP contribution < -0.4 is 5.73 Å². The second kappa shape index (κ2) is 5.46. The van der Waals surface area contributed by atoms with Crippen LogP contribution in [0.3, 0.4) is 0 Å². The van der Waals surface area contributed by atoms with Crippen LogP contribution in [-0.2, 0) is 6.54 Å². The van der Waals surface area contributed by atoms with E-state index in [9.17, 15) is 0 Å². The summed E-state index contributed by atoms with van der Waals surface area (Å²) >= 11 is 0. The summed E-state index contributed by atoms with van der Waals surface area (Å²) in [5, 5.41) is 0. The summed E-state index contributed by atoms with van der Waals surface area (Å²) in [5.41, 5.74) is 7.05. The highest BCUT2D eigenvalue weighted by atomic mass is 15.1. The van der Waals surface area contributed by atoms with Gasteiger partial charge in [0.05, 0.1) is 12.0 Å². The Kier molecular flexibility index (Phi) is 4.21. The fraction of sp³-hybridized carbons (Fsp3) is 0.545. The second-order valence-corrected chi connectivity index (χ2v) is 3.20. The van der Waals surface area contributed by atoms with Crippen LogP contribution >= 0.6 is 0 Å². The summed E-state index contributed by atoms with van der Waals surface area (Å²) in [6, 6.07) is 0.0899. The molecular weight excluding hydrogens is 174 g/mol. The topological polar surface area (TPSA) is 43.8 Å². The molecule has 0 spiro atoms. The summed E-state index contributed by atoms with van der Waals surface area (Å²) in [4.78, 5) is 4.10. The number of hydrogen-bond acceptors (Lipinski definition) is 2. The van der Waals surface area contributed by atoms with Gasteiger partial charge < -0.3 is 10.3 Å². The van der Waals surface area contributed by atoms with Gasteiger partial charge in [-0.05, 0) is 13.3 Å². The van der Waals surface area contributed by atoms with Gasteiger partial charge in [0.15, 0.2) is 0 Å². The number of imidazole rings is 1. The summed E-state index contributed by atoms with van der Waals surface area (Å²) in [7, 11) is 0. The zero-order valence-corrected chi connectivity index (χ0v) is 8.83. The minimum absolute atomic E-state index is 0.0899. The Labute approximate surface area is 85.3 Å². The van der Waals surface area contributed by atoms with Crippen molar-refractivity contribution in [3.63, 3.8) is 0 Å². The molecule has 1 heterocycles. The molecule has 0 amide bonds. The summed E-state index contributed by atoms with van der Waals surface area (Å²) in [6.07, 6.45) is 5.46. The molecule has 0 saturated carbocycles. The molecule has 0 aliphatic rings. The van der Waals surface area contributed by atoms with E-state index in [1.807, 2.05) is 19.4 Å². The Morgan fingerprint density at radius 2 is 2.43 bits per heavy atom. The van der Waals surface area contributed by atoms with Gasteiger partial charge in [-0.25, -0.2) is 4.98 Å². The highest BCUT2D eigenvalue weighted by Gasteiger charge is 2.08. The fourth-order valence-electron chi connectivity index (χ4n) is 1.34. The first-order chi connectivity index (χ1) is 6.79. The van der Waals surface area contributed by atoms with Crippen LogP contribution in [-0.4, -0.2) is 9.55 Å². The van der Waals surface area contributed by atoms with Crippen molar-refractivity contribution in [1.29, 1.82) is 0 Å². The summed E-state index contributed by atoms with van der Waals surface area (Å²) in [6.45, 7) is 4.81. The van der Waals surface area contributed by atoms with Crippen molar-refractivity contribution in [3.05, 3.63) is 18.2 Å². The smallest absolute Gasteiger partial charge is 0.0948 e. The molecule has 0 fully saturated rings. The van der Waals surface area contributed by atoms with E-state index in [1.165, 1.54) is 0 Å². The lowest BCUT2D eigenvalue weighted by atomic mass is 10.2. The number of aromatic nitrogens is 2. The first kappa shape index (κ1) is 10.8. The maximum Gasteiger partial charge on any atom is 0.0948 e. The van der Waals surface area contributed by atoms with Gasteiger partial charge in [0.2, 0.25) is 0 Å². The molecule has 1 aromatic rings. The molecule has 3 nitrogen and oxygen atoms in total. The molecule has 1 aromatic heterocycles. The molecule has 0 saturated heterocycles. The minimum atomic E-state index is 0.0899. The molecule has 0 radical (unpaired) electrons. The third-order valence-electron chi connectivity index (χ3n) is 2.22. The van der Waals surface area contributed by atoms with Crippen molar-refractivity contribution in [1.82, 2.24) is 9.55 Å². The van der Waals surface area contributed by atoms with E-state index < -0.39 is 0 Å². The predicted molar refractivity (Wildman–Crippen MR) is 57.5 cm³/mol. The van der Waals surface area contributed by atoms with Crippen LogP contribution in [0.15, 0.2) is 12.5 Å². The fourth-order valence-corrected chi connectivity index (χ4v) is 1.34. The molecular formula is C11H17N3. The lowest BCUT2D eigenvalue weighted by Gasteiger charge is -2.11. The summed E-state index contributed by atoms with van der Waals surface area (Å²) < 4.78 is 2.08. The Hall–Kier alpha value is -1.27. The highest BCUT2D eigenvalue weighted by molar-refractivity contribution is 5.05. The zero-order valence-electron chi connectivity index (χ0n) is 8.83. The van der Waals surface area contributed by atoms with E-state index in [0.29, 0.717) is 0 Å². The van der Waals surface area contributed by atoms with Crippen molar-refractivity contribution in [2.24, 2.45) is 5.73 Å². The molecule has 0 aliphatic heterocycles. The first-order valence-electron chi connectivity index (χ1n) is 4.94. The van der Waals surface area contributed by atoms with E-state index >= 15 is 0 Å². The maximum atomic E-state index is 5.95. The van der Waals surface area contributed by atoms with Crippen molar-refractivity contribution in [2.45, 2.75) is 39.3 Å². The van der Waals surface area contributed by atoms with Gasteiger partial charge in [0, 0.05) is 25.2 Å². The monoisotopic (exact) mass is 191 g/mol. The zero-order chi connectivity index (χ0) is 10.4. The SMILES string of the molecule is CC#CCCn1cncc1[C@H](N)CC. The maximum absolute atomic E-state index is 5.95. The Bertz CT molecular complexity index is 330. The highest BCUT2D eigenvalue weighted by Crippen LogP contribution is 2.12. The third kappa shape index (κ3) is 2.61. The van der Waals surface area contributed by atoms with E-state index in [2.05, 4.69) is 28.3 Å². The van der Waals surface area contributed by atoms with Crippen molar-refractivity contribution in [3.8, 4) is 11.8 Å². The molecule has 1 rings (SSSR count). The molecule has 0 unspecified atom stereocenters. The van der Waals surface area contributed by atoms with Crippen molar-refractivity contribution >= 4 is 0 Å². The van der Waals surface area contributed by atoms with Gasteiger partial charge in [-0.3, -0.25) is 0 Å². The van der Waals surface area contributed by atoms with Gasteiger partial charge >= 0.3 is 0 Å². The average Bonchev–Trinajstić information content (AvgIpc) is 2.65. The van der Waals surface area contributed by atoms with E-state index in [4.69, 9.17) is 5.73 Å². The number of nitrogens with two attached hydrogens (primary N) is 1. The lowest BCUT2D eigenvalue weighted by Crippen LogP contribution is -2.14. The third-order valence-corrected chi connectivity index (χ3v) is 2.22. The molecule has 1 atom stereocenters. The number of rotatable bonds is 4. The van der Waals surface area contributed by atoms with Gasteiger partial charge in [-0.2, -0.15) is 0 Å². The van der Waals surface area contributed by atoms with Crippen LogP contribution in [0, 0.1) is 11.8 Å². The Morgan fingerprint density at radius 1 is 1.64 bits per heavy atom. The predicted octanol–water partition coefficient (Wildman–Crippen LogP) is 1.71. The Morgan fingerprint density at radius 3 is 3.07 bits per heavy atom. The molecule has 0 bridgehead atoms. The summed E-state index contributed by atoms with van der Waals surface area (Å²) in [5.74, 6) is 5.91. The van der Waals surface area contributed by atoms with Gasteiger partial charge in [0.1, 0.15) is 0 Å². The minimum Gasteiger partial charge on any atom is -0.332 e. The quantitative estimate of drug-likeness (QED) is 0.736. The largest absolute Gasteiger partial charge is 0.332 e. The van der Waals surface area contributed by atoms with Crippen molar-refractivity contribution in [2.75, 3.05) is 0 Å². The Balaban J connectivity index is 2.65. The molecule has 76 valence electrons. The number of aryl methyl sites for hydroxylation is 1. The second-order valence-electron chi connectivity index (χ2n) is 3.20.